The lowest BCUT2D eigenvalue weighted by Crippen LogP contribution is -2.46. The predicted octanol–water partition coefficient (Wildman–Crippen LogP) is 4.67. The van der Waals surface area contributed by atoms with E-state index in [1.54, 1.807) is 4.52 Å². The van der Waals surface area contributed by atoms with Gasteiger partial charge in [-0.15, -0.1) is 0 Å². The molecule has 190 valence electrons. The van der Waals surface area contributed by atoms with Gasteiger partial charge in [0.1, 0.15) is 30.2 Å². The van der Waals surface area contributed by atoms with Crippen LogP contribution in [-0.4, -0.2) is 59.3 Å². The molecule has 2 N–H and O–H groups in total. The first-order chi connectivity index (χ1) is 16.5. The van der Waals surface area contributed by atoms with Crippen LogP contribution in [0, 0.1) is 0 Å². The highest BCUT2D eigenvalue weighted by atomic mass is 16.6. The monoisotopic (exact) mass is 474 g/mol. The Balaban J connectivity index is 2.05. The largest absolute Gasteiger partial charge is 0.382 e. The summed E-state index contributed by atoms with van der Waals surface area (Å²) >= 11 is 0. The molecule has 4 atom stereocenters. The molecular weight excluding hydrogens is 432 g/mol. The Bertz CT molecular complexity index is 917. The number of nitrogen functional groups attached to an aromatic ring is 1. The first-order valence-electron chi connectivity index (χ1n) is 12.7. The van der Waals surface area contributed by atoms with Gasteiger partial charge in [0.25, 0.3) is 0 Å². The zero-order chi connectivity index (χ0) is 24.6. The Hall–Kier alpha value is -2.00. The smallest absolute Gasteiger partial charge is 0.160 e. The van der Waals surface area contributed by atoms with E-state index in [4.69, 9.17) is 24.7 Å². The fourth-order valence-electron chi connectivity index (χ4n) is 4.50. The van der Waals surface area contributed by atoms with Gasteiger partial charge in [-0.3, -0.25) is 0 Å². The van der Waals surface area contributed by atoms with E-state index in [1.807, 2.05) is 19.1 Å². The van der Waals surface area contributed by atoms with Gasteiger partial charge in [0.15, 0.2) is 11.4 Å². The van der Waals surface area contributed by atoms with Gasteiger partial charge < -0.3 is 24.7 Å². The summed E-state index contributed by atoms with van der Waals surface area (Å²) < 4.78 is 27.7. The first kappa shape index (κ1) is 26.6. The molecule has 1 aliphatic heterocycles. The molecule has 8 nitrogen and oxygen atoms in total. The molecule has 0 aromatic carbocycles. The predicted molar refractivity (Wildman–Crippen MR) is 134 cm³/mol. The average molecular weight is 475 g/mol. The van der Waals surface area contributed by atoms with Crippen LogP contribution < -0.4 is 5.73 Å². The number of hydrogen-bond donors (Lipinski definition) is 1. The summed E-state index contributed by atoms with van der Waals surface area (Å²) in [5, 5.41) is 4.49. The molecule has 2 aromatic heterocycles. The summed E-state index contributed by atoms with van der Waals surface area (Å²) in [5.74, 6) is 0.412. The van der Waals surface area contributed by atoms with E-state index in [0.717, 1.165) is 55.3 Å². The maximum Gasteiger partial charge on any atom is 0.160 e. The van der Waals surface area contributed by atoms with Crippen LogP contribution in [0.15, 0.2) is 30.6 Å². The van der Waals surface area contributed by atoms with Gasteiger partial charge in [-0.05, 0) is 43.9 Å². The molecule has 2 aromatic rings. The van der Waals surface area contributed by atoms with Crippen molar-refractivity contribution in [3.8, 4) is 0 Å². The summed E-state index contributed by atoms with van der Waals surface area (Å²) in [7, 11) is 0. The third-order valence-corrected chi connectivity index (χ3v) is 6.43. The van der Waals surface area contributed by atoms with Gasteiger partial charge in [0, 0.05) is 19.8 Å². The van der Waals surface area contributed by atoms with Crippen molar-refractivity contribution in [2.24, 2.45) is 0 Å². The average Bonchev–Trinajstić information content (AvgIpc) is 3.38. The number of nitrogens with two attached hydrogens (primary N) is 1. The van der Waals surface area contributed by atoms with E-state index < -0.39 is 11.7 Å². The van der Waals surface area contributed by atoms with Crippen molar-refractivity contribution in [2.75, 3.05) is 32.2 Å². The minimum atomic E-state index is -0.962. The quantitative estimate of drug-likeness (QED) is 0.296. The third-order valence-electron chi connectivity index (χ3n) is 6.43. The first-order valence-corrected chi connectivity index (χ1v) is 12.7. The molecule has 1 aliphatic rings. The van der Waals surface area contributed by atoms with E-state index in [-0.39, 0.29) is 12.2 Å². The summed E-state index contributed by atoms with van der Waals surface area (Å²) in [4.78, 5) is 4.14. The Kier molecular flexibility index (Phi) is 9.88. The maximum atomic E-state index is 6.87. The topological polar surface area (TPSA) is 93.1 Å². The van der Waals surface area contributed by atoms with Crippen LogP contribution in [0.4, 0.5) is 5.82 Å². The van der Waals surface area contributed by atoms with Crippen LogP contribution >= 0.6 is 0 Å². The fourth-order valence-corrected chi connectivity index (χ4v) is 4.50. The molecule has 3 rings (SSSR count). The van der Waals surface area contributed by atoms with E-state index in [0.29, 0.717) is 32.2 Å². The van der Waals surface area contributed by atoms with Crippen molar-refractivity contribution in [1.29, 1.82) is 0 Å². The highest BCUT2D eigenvalue weighted by molar-refractivity contribution is 5.66. The Morgan fingerprint density at radius 2 is 1.76 bits per heavy atom. The SMILES string of the molecule is C=C(C)C1(c2ccc3c(N)ncnn23)O[C@H](COCCCC)[C@@H](OCCCC)[C@H]1OCCCC. The minimum Gasteiger partial charge on any atom is -0.382 e. The van der Waals surface area contributed by atoms with Crippen molar-refractivity contribution >= 4 is 11.3 Å². The Labute approximate surface area is 203 Å². The van der Waals surface area contributed by atoms with Gasteiger partial charge in [0.05, 0.1) is 12.3 Å². The lowest BCUT2D eigenvalue weighted by atomic mass is 9.85. The Morgan fingerprint density at radius 1 is 1.09 bits per heavy atom. The van der Waals surface area contributed by atoms with Crippen molar-refractivity contribution < 1.29 is 18.9 Å². The Morgan fingerprint density at radius 3 is 2.44 bits per heavy atom. The summed E-state index contributed by atoms with van der Waals surface area (Å²) in [5.41, 5.74) is 7.54. The van der Waals surface area contributed by atoms with E-state index in [9.17, 15) is 0 Å². The molecule has 3 heterocycles. The lowest BCUT2D eigenvalue weighted by molar-refractivity contribution is -0.101. The van der Waals surface area contributed by atoms with Crippen LogP contribution in [0.1, 0.15) is 71.9 Å². The van der Waals surface area contributed by atoms with Crippen LogP contribution in [0.3, 0.4) is 0 Å². The van der Waals surface area contributed by atoms with Crippen molar-refractivity contribution in [2.45, 2.75) is 90.1 Å². The van der Waals surface area contributed by atoms with Crippen molar-refractivity contribution in [1.82, 2.24) is 14.6 Å². The zero-order valence-corrected chi connectivity index (χ0v) is 21.3. The van der Waals surface area contributed by atoms with Gasteiger partial charge in [-0.2, -0.15) is 5.10 Å². The zero-order valence-electron chi connectivity index (χ0n) is 21.3. The van der Waals surface area contributed by atoms with Crippen LogP contribution in [0.25, 0.3) is 5.52 Å². The molecule has 0 spiro atoms. The summed E-state index contributed by atoms with van der Waals surface area (Å²) in [6.45, 7) is 15.2. The highest BCUT2D eigenvalue weighted by Crippen LogP contribution is 2.48. The number of hydrogen-bond acceptors (Lipinski definition) is 7. The molecule has 8 heteroatoms. The fraction of sp³-hybridized carbons (Fsp3) is 0.692. The normalized spacial score (nSPS) is 24.8. The summed E-state index contributed by atoms with van der Waals surface area (Å²) in [6, 6.07) is 3.90. The molecule has 0 bridgehead atoms. The van der Waals surface area contributed by atoms with Gasteiger partial charge >= 0.3 is 0 Å². The van der Waals surface area contributed by atoms with Crippen molar-refractivity contribution in [3.63, 3.8) is 0 Å². The standard InChI is InChI=1S/C26H42N4O4/c1-6-9-14-31-17-21-23(32-15-10-7-2)24(33-16-11-8-3)26(34-21,19(4)5)22-13-12-20-25(27)28-18-29-30(20)22/h12-13,18,21,23-24H,4,6-11,14-17H2,1-3,5H3,(H2,27,28,29)/t21-,23-,24-,26?/m1/s1. The second-order valence-corrected chi connectivity index (χ2v) is 9.10. The third kappa shape index (κ3) is 5.46. The highest BCUT2D eigenvalue weighted by Gasteiger charge is 2.59. The number of fused-ring (bicyclic) bond motifs is 1. The molecular formula is C26H42N4O4. The number of nitrogens with zero attached hydrogens (tertiary/aromatic N) is 3. The number of anilines is 1. The second kappa shape index (κ2) is 12.6. The van der Waals surface area contributed by atoms with Crippen LogP contribution in [-0.2, 0) is 24.5 Å². The van der Waals surface area contributed by atoms with Crippen LogP contribution in [0.5, 0.6) is 0 Å². The van der Waals surface area contributed by atoms with Gasteiger partial charge in [-0.1, -0.05) is 46.6 Å². The maximum absolute atomic E-state index is 6.87. The van der Waals surface area contributed by atoms with E-state index in [1.165, 1.54) is 6.33 Å². The minimum absolute atomic E-state index is 0.300. The van der Waals surface area contributed by atoms with Gasteiger partial charge in [0.2, 0.25) is 0 Å². The molecule has 1 unspecified atom stereocenters. The van der Waals surface area contributed by atoms with E-state index >= 15 is 0 Å². The summed E-state index contributed by atoms with van der Waals surface area (Å²) in [6.07, 6.45) is 6.56. The number of aromatic nitrogens is 3. The lowest BCUT2D eigenvalue weighted by Gasteiger charge is -2.35. The molecule has 1 saturated heterocycles. The van der Waals surface area contributed by atoms with Crippen molar-refractivity contribution in [3.05, 3.63) is 36.3 Å². The number of unbranched alkanes of at least 4 members (excludes halogenated alkanes) is 3. The molecule has 0 aliphatic carbocycles. The second-order valence-electron chi connectivity index (χ2n) is 9.10. The molecule has 34 heavy (non-hydrogen) atoms. The number of rotatable bonds is 15. The van der Waals surface area contributed by atoms with Gasteiger partial charge in [-0.25, -0.2) is 9.50 Å². The van der Waals surface area contributed by atoms with Crippen LogP contribution in [0.2, 0.25) is 0 Å². The molecule has 0 radical (unpaired) electrons. The molecule has 0 saturated carbocycles. The molecule has 0 amide bonds. The molecule has 1 fully saturated rings. The van der Waals surface area contributed by atoms with E-state index in [2.05, 4.69) is 37.4 Å². The number of ether oxygens (including phenoxy) is 4.